The average molecular weight is 311 g/mol. The second-order valence-electron chi connectivity index (χ2n) is 5.70. The number of morpholine rings is 1. The highest BCUT2D eigenvalue weighted by Crippen LogP contribution is 2.16. The average Bonchev–Trinajstić information content (AvgIpc) is 2.61. The lowest BCUT2D eigenvalue weighted by atomic mass is 10.1. The molecule has 0 spiro atoms. The van der Waals surface area contributed by atoms with Crippen molar-refractivity contribution in [2.45, 2.75) is 13.5 Å². The first-order chi connectivity index (χ1) is 11.2. The molecule has 23 heavy (non-hydrogen) atoms. The molecule has 0 bridgehead atoms. The van der Waals surface area contributed by atoms with Gasteiger partial charge in [0.15, 0.2) is 0 Å². The van der Waals surface area contributed by atoms with E-state index in [0.717, 1.165) is 24.3 Å². The van der Waals surface area contributed by atoms with Crippen molar-refractivity contribution in [1.29, 1.82) is 0 Å². The van der Waals surface area contributed by atoms with Crippen LogP contribution in [0.25, 0.3) is 0 Å². The second kappa shape index (κ2) is 7.24. The van der Waals surface area contributed by atoms with Crippen LogP contribution in [0.1, 0.15) is 21.5 Å². The molecule has 1 aliphatic heterocycles. The van der Waals surface area contributed by atoms with Crippen LogP contribution in [0.5, 0.6) is 0 Å². The number of hydrogen-bond donors (Lipinski definition) is 1. The first-order valence-corrected chi connectivity index (χ1v) is 7.84. The van der Waals surface area contributed by atoms with Gasteiger partial charge in [0, 0.05) is 25.8 Å². The lowest BCUT2D eigenvalue weighted by Crippen LogP contribution is -2.36. The molecule has 3 rings (SSSR count). The Morgan fingerprint density at radius 1 is 1.26 bits per heavy atom. The Hall–Kier alpha value is -2.40. The van der Waals surface area contributed by atoms with Crippen LogP contribution in [0.3, 0.4) is 0 Å². The molecule has 120 valence electrons. The Labute approximate surface area is 136 Å². The molecule has 0 unspecified atom stereocenters. The van der Waals surface area contributed by atoms with E-state index in [-0.39, 0.29) is 5.91 Å². The monoisotopic (exact) mass is 311 g/mol. The molecule has 1 aromatic carbocycles. The zero-order valence-corrected chi connectivity index (χ0v) is 13.3. The summed E-state index contributed by atoms with van der Waals surface area (Å²) in [4.78, 5) is 18.7. The third kappa shape index (κ3) is 4.07. The molecule has 0 aliphatic carbocycles. The Morgan fingerprint density at radius 3 is 2.87 bits per heavy atom. The molecule has 1 fully saturated rings. The Kier molecular flexibility index (Phi) is 4.88. The SMILES string of the molecule is Cc1cccc(CNC(=O)c2cncc(N3CCOCC3)c2)c1. The molecule has 1 aromatic heterocycles. The van der Waals surface area contributed by atoms with Crippen LogP contribution < -0.4 is 10.2 Å². The summed E-state index contributed by atoms with van der Waals surface area (Å²) in [5, 5.41) is 2.95. The fourth-order valence-corrected chi connectivity index (χ4v) is 2.65. The predicted octanol–water partition coefficient (Wildman–Crippen LogP) is 2.16. The Bertz CT molecular complexity index is 681. The topological polar surface area (TPSA) is 54.5 Å². The summed E-state index contributed by atoms with van der Waals surface area (Å²) in [7, 11) is 0. The van der Waals surface area contributed by atoms with Gasteiger partial charge in [0.2, 0.25) is 0 Å². The number of carbonyl (C=O) groups is 1. The van der Waals surface area contributed by atoms with Crippen molar-refractivity contribution in [3.05, 3.63) is 59.4 Å². The van der Waals surface area contributed by atoms with Crippen molar-refractivity contribution in [1.82, 2.24) is 10.3 Å². The first kappa shape index (κ1) is 15.5. The molecule has 1 saturated heterocycles. The van der Waals surface area contributed by atoms with Gasteiger partial charge in [0.05, 0.1) is 30.7 Å². The number of aryl methyl sites for hydroxylation is 1. The van der Waals surface area contributed by atoms with E-state index < -0.39 is 0 Å². The van der Waals surface area contributed by atoms with Crippen molar-refractivity contribution in [2.24, 2.45) is 0 Å². The van der Waals surface area contributed by atoms with Crippen LogP contribution >= 0.6 is 0 Å². The molecule has 5 nitrogen and oxygen atoms in total. The molecule has 1 N–H and O–H groups in total. The number of ether oxygens (including phenoxy) is 1. The lowest BCUT2D eigenvalue weighted by Gasteiger charge is -2.28. The summed E-state index contributed by atoms with van der Waals surface area (Å²) in [5.41, 5.74) is 3.83. The molecular weight excluding hydrogens is 290 g/mol. The van der Waals surface area contributed by atoms with Gasteiger partial charge in [-0.3, -0.25) is 9.78 Å². The number of hydrogen-bond acceptors (Lipinski definition) is 4. The summed E-state index contributed by atoms with van der Waals surface area (Å²) in [6, 6.07) is 10.0. The van der Waals surface area contributed by atoms with E-state index in [1.54, 1.807) is 12.4 Å². The van der Waals surface area contributed by atoms with Gasteiger partial charge in [-0.15, -0.1) is 0 Å². The maximum absolute atomic E-state index is 12.3. The predicted molar refractivity (Wildman–Crippen MR) is 89.6 cm³/mol. The van der Waals surface area contributed by atoms with Gasteiger partial charge >= 0.3 is 0 Å². The fourth-order valence-electron chi connectivity index (χ4n) is 2.65. The van der Waals surface area contributed by atoms with Gasteiger partial charge < -0.3 is 15.0 Å². The van der Waals surface area contributed by atoms with Crippen molar-refractivity contribution in [3.63, 3.8) is 0 Å². The van der Waals surface area contributed by atoms with Crippen LogP contribution in [0.2, 0.25) is 0 Å². The smallest absolute Gasteiger partial charge is 0.253 e. The van der Waals surface area contributed by atoms with E-state index in [0.29, 0.717) is 25.3 Å². The van der Waals surface area contributed by atoms with Crippen LogP contribution in [0, 0.1) is 6.92 Å². The molecule has 0 saturated carbocycles. The van der Waals surface area contributed by atoms with Crippen molar-refractivity contribution >= 4 is 11.6 Å². The van der Waals surface area contributed by atoms with Crippen LogP contribution in [-0.2, 0) is 11.3 Å². The van der Waals surface area contributed by atoms with Gasteiger partial charge in [-0.2, -0.15) is 0 Å². The minimum atomic E-state index is -0.103. The van der Waals surface area contributed by atoms with Crippen LogP contribution in [0.4, 0.5) is 5.69 Å². The van der Waals surface area contributed by atoms with E-state index >= 15 is 0 Å². The summed E-state index contributed by atoms with van der Waals surface area (Å²) >= 11 is 0. The molecule has 2 aromatic rings. The molecular formula is C18H21N3O2. The number of nitrogens with one attached hydrogen (secondary N) is 1. The molecule has 2 heterocycles. The highest BCUT2D eigenvalue weighted by molar-refractivity contribution is 5.94. The van der Waals surface area contributed by atoms with E-state index in [9.17, 15) is 4.79 Å². The Balaban J connectivity index is 1.65. The molecule has 0 atom stereocenters. The lowest BCUT2D eigenvalue weighted by molar-refractivity contribution is 0.0950. The standard InChI is InChI=1S/C18H21N3O2/c1-14-3-2-4-15(9-14)11-20-18(22)16-10-17(13-19-12-16)21-5-7-23-8-6-21/h2-4,9-10,12-13H,5-8,11H2,1H3,(H,20,22). The molecule has 1 amide bonds. The number of rotatable bonds is 4. The van der Waals surface area contributed by atoms with Crippen LogP contribution in [-0.4, -0.2) is 37.2 Å². The highest BCUT2D eigenvalue weighted by Gasteiger charge is 2.14. The first-order valence-electron chi connectivity index (χ1n) is 7.84. The number of amides is 1. The van der Waals surface area contributed by atoms with E-state index in [4.69, 9.17) is 4.74 Å². The van der Waals surface area contributed by atoms with Gasteiger partial charge in [0.25, 0.3) is 5.91 Å². The van der Waals surface area contributed by atoms with Gasteiger partial charge in [0.1, 0.15) is 0 Å². The number of aromatic nitrogens is 1. The summed E-state index contributed by atoms with van der Waals surface area (Å²) in [6.07, 6.45) is 3.40. The summed E-state index contributed by atoms with van der Waals surface area (Å²) in [5.74, 6) is -0.103. The molecule has 5 heteroatoms. The number of anilines is 1. The zero-order chi connectivity index (χ0) is 16.1. The number of nitrogens with zero attached hydrogens (tertiary/aromatic N) is 2. The van der Waals surface area contributed by atoms with Crippen molar-refractivity contribution in [3.8, 4) is 0 Å². The quantitative estimate of drug-likeness (QED) is 0.940. The maximum atomic E-state index is 12.3. The minimum absolute atomic E-state index is 0.103. The third-order valence-electron chi connectivity index (χ3n) is 3.90. The van der Waals surface area contributed by atoms with Gasteiger partial charge in [-0.05, 0) is 18.6 Å². The third-order valence-corrected chi connectivity index (χ3v) is 3.90. The Morgan fingerprint density at radius 2 is 2.09 bits per heavy atom. The van der Waals surface area contributed by atoms with E-state index in [2.05, 4.69) is 21.3 Å². The van der Waals surface area contributed by atoms with E-state index in [1.165, 1.54) is 5.56 Å². The zero-order valence-electron chi connectivity index (χ0n) is 13.3. The largest absolute Gasteiger partial charge is 0.378 e. The fraction of sp³-hybridized carbons (Fsp3) is 0.333. The molecule has 0 radical (unpaired) electrons. The number of carbonyl (C=O) groups excluding carboxylic acids is 1. The summed E-state index contributed by atoms with van der Waals surface area (Å²) in [6.45, 7) is 5.64. The van der Waals surface area contributed by atoms with Crippen molar-refractivity contribution < 1.29 is 9.53 Å². The van der Waals surface area contributed by atoms with Gasteiger partial charge in [-0.25, -0.2) is 0 Å². The summed E-state index contributed by atoms with van der Waals surface area (Å²) < 4.78 is 5.35. The van der Waals surface area contributed by atoms with Crippen molar-refractivity contribution in [2.75, 3.05) is 31.2 Å². The maximum Gasteiger partial charge on any atom is 0.253 e. The number of benzene rings is 1. The normalized spacial score (nSPS) is 14.6. The van der Waals surface area contributed by atoms with Gasteiger partial charge in [-0.1, -0.05) is 29.8 Å². The minimum Gasteiger partial charge on any atom is -0.378 e. The van der Waals surface area contributed by atoms with Crippen LogP contribution in [0.15, 0.2) is 42.7 Å². The highest BCUT2D eigenvalue weighted by atomic mass is 16.5. The second-order valence-corrected chi connectivity index (χ2v) is 5.70. The molecule has 1 aliphatic rings. The number of pyridine rings is 1. The van der Waals surface area contributed by atoms with E-state index in [1.807, 2.05) is 31.2 Å².